The van der Waals surface area contributed by atoms with Crippen LogP contribution in [0.15, 0.2) is 46.5 Å². The lowest BCUT2D eigenvalue weighted by Gasteiger charge is -2.15. The van der Waals surface area contributed by atoms with Gasteiger partial charge in [0.25, 0.3) is 5.56 Å². The monoisotopic (exact) mass is 373 g/mol. The summed E-state index contributed by atoms with van der Waals surface area (Å²) < 4.78 is 12.9. The molecule has 3 rings (SSSR count). The fourth-order valence-corrected chi connectivity index (χ4v) is 3.62. The Bertz CT molecular complexity index is 916. The highest BCUT2D eigenvalue weighted by Gasteiger charge is 2.12. The third kappa shape index (κ3) is 4.28. The van der Waals surface area contributed by atoms with Gasteiger partial charge in [0.2, 0.25) is 0 Å². The van der Waals surface area contributed by atoms with E-state index in [-0.39, 0.29) is 11.7 Å². The zero-order chi connectivity index (χ0) is 18.5. The maximum Gasteiger partial charge on any atom is 0.297 e. The number of thioether (sulfide) groups is 1. The first-order valence-corrected chi connectivity index (χ1v) is 9.52. The Kier molecular flexibility index (Phi) is 6.00. The van der Waals surface area contributed by atoms with Crippen LogP contribution in [0.25, 0.3) is 11.0 Å². The molecule has 0 bridgehead atoms. The number of H-pyrrole nitrogens is 1. The standard InChI is InChI=1S/C19H23N3O3S/c1-13(2)25-11-10-22-16-8-9-20-17(16)18(23)21-19(22)26-12-14-4-6-15(24-3)7-5-14/h4-9,13,20H,10-12H2,1-3H3. The molecule has 26 heavy (non-hydrogen) atoms. The lowest BCUT2D eigenvalue weighted by atomic mass is 10.2. The molecule has 2 heterocycles. The molecule has 6 nitrogen and oxygen atoms in total. The second kappa shape index (κ2) is 8.42. The van der Waals surface area contributed by atoms with Gasteiger partial charge in [-0.3, -0.25) is 4.79 Å². The van der Waals surface area contributed by atoms with E-state index < -0.39 is 0 Å². The van der Waals surface area contributed by atoms with Crippen LogP contribution in [0, 0.1) is 0 Å². The van der Waals surface area contributed by atoms with Gasteiger partial charge in [0.15, 0.2) is 5.16 Å². The van der Waals surface area contributed by atoms with Gasteiger partial charge in [-0.05, 0) is 37.6 Å². The summed E-state index contributed by atoms with van der Waals surface area (Å²) in [6.07, 6.45) is 1.94. The van der Waals surface area contributed by atoms with Gasteiger partial charge in [-0.2, -0.15) is 4.98 Å². The number of aromatic amines is 1. The van der Waals surface area contributed by atoms with Crippen molar-refractivity contribution in [1.29, 1.82) is 0 Å². The molecule has 0 saturated carbocycles. The van der Waals surface area contributed by atoms with Gasteiger partial charge >= 0.3 is 0 Å². The van der Waals surface area contributed by atoms with E-state index in [0.29, 0.717) is 23.8 Å². The van der Waals surface area contributed by atoms with Crippen molar-refractivity contribution in [3.05, 3.63) is 52.4 Å². The van der Waals surface area contributed by atoms with Crippen molar-refractivity contribution in [2.24, 2.45) is 0 Å². The topological polar surface area (TPSA) is 69.1 Å². The fraction of sp³-hybridized carbons (Fsp3) is 0.368. The van der Waals surface area contributed by atoms with Crippen LogP contribution < -0.4 is 10.3 Å². The minimum atomic E-state index is -0.233. The molecule has 0 fully saturated rings. The van der Waals surface area contributed by atoms with Gasteiger partial charge in [0.05, 0.1) is 25.3 Å². The molecule has 2 aromatic heterocycles. The average Bonchev–Trinajstić information content (AvgIpc) is 3.12. The number of hydrogen-bond donors (Lipinski definition) is 1. The summed E-state index contributed by atoms with van der Waals surface area (Å²) in [4.78, 5) is 19.5. The van der Waals surface area contributed by atoms with E-state index in [4.69, 9.17) is 9.47 Å². The van der Waals surface area contributed by atoms with Crippen molar-refractivity contribution < 1.29 is 9.47 Å². The average molecular weight is 373 g/mol. The SMILES string of the molecule is COc1ccc(CSc2nc(=O)c3[nH]ccc3n2CCOC(C)C)cc1. The number of nitrogens with zero attached hydrogens (tertiary/aromatic N) is 2. The van der Waals surface area contributed by atoms with Gasteiger partial charge < -0.3 is 19.0 Å². The predicted octanol–water partition coefficient (Wildman–Crippen LogP) is 3.45. The number of rotatable bonds is 8. The molecule has 7 heteroatoms. The molecule has 0 aliphatic rings. The molecule has 0 aliphatic carbocycles. The second-order valence-corrected chi connectivity index (χ2v) is 7.09. The van der Waals surface area contributed by atoms with Crippen LogP contribution in [-0.2, 0) is 17.0 Å². The number of methoxy groups -OCH3 is 1. The molecule has 0 saturated heterocycles. The van der Waals surface area contributed by atoms with E-state index in [2.05, 4.69) is 9.97 Å². The van der Waals surface area contributed by atoms with Crippen LogP contribution in [0.1, 0.15) is 19.4 Å². The maximum absolute atomic E-state index is 12.3. The first-order valence-electron chi connectivity index (χ1n) is 8.53. The number of aromatic nitrogens is 3. The number of nitrogens with one attached hydrogen (secondary N) is 1. The molecule has 1 aromatic carbocycles. The molecule has 0 unspecified atom stereocenters. The molecular formula is C19H23N3O3S. The molecule has 0 amide bonds. The van der Waals surface area contributed by atoms with E-state index in [1.54, 1.807) is 25.1 Å². The lowest BCUT2D eigenvalue weighted by molar-refractivity contribution is 0.0719. The summed E-state index contributed by atoms with van der Waals surface area (Å²) in [7, 11) is 1.65. The Hall–Kier alpha value is -2.25. The summed E-state index contributed by atoms with van der Waals surface area (Å²) in [5.41, 5.74) is 2.30. The van der Waals surface area contributed by atoms with Gasteiger partial charge in [0.1, 0.15) is 11.3 Å². The third-order valence-electron chi connectivity index (χ3n) is 3.95. The molecule has 0 radical (unpaired) electrons. The molecule has 0 atom stereocenters. The quantitative estimate of drug-likeness (QED) is 0.484. The highest BCUT2D eigenvalue weighted by atomic mass is 32.2. The minimum Gasteiger partial charge on any atom is -0.497 e. The normalized spacial score (nSPS) is 11.4. The zero-order valence-electron chi connectivity index (χ0n) is 15.2. The smallest absolute Gasteiger partial charge is 0.297 e. The Morgan fingerprint density at radius 3 is 2.69 bits per heavy atom. The fourth-order valence-electron chi connectivity index (χ4n) is 2.64. The van der Waals surface area contributed by atoms with Gasteiger partial charge in [-0.25, -0.2) is 0 Å². The largest absolute Gasteiger partial charge is 0.497 e. The van der Waals surface area contributed by atoms with Crippen molar-refractivity contribution in [1.82, 2.24) is 14.5 Å². The summed E-state index contributed by atoms with van der Waals surface area (Å²) in [6.45, 7) is 5.23. The zero-order valence-corrected chi connectivity index (χ0v) is 16.0. The van der Waals surface area contributed by atoms with Crippen molar-refractivity contribution in [3.8, 4) is 5.75 Å². The van der Waals surface area contributed by atoms with Crippen LogP contribution in [-0.4, -0.2) is 34.4 Å². The Labute approximate surface area is 156 Å². The summed E-state index contributed by atoms with van der Waals surface area (Å²) in [5.74, 6) is 1.55. The van der Waals surface area contributed by atoms with Crippen LogP contribution in [0.5, 0.6) is 5.75 Å². The molecule has 0 aliphatic heterocycles. The van der Waals surface area contributed by atoms with Crippen molar-refractivity contribution >= 4 is 22.8 Å². The number of benzene rings is 1. The predicted molar refractivity (Wildman–Crippen MR) is 104 cm³/mol. The first kappa shape index (κ1) is 18.5. The Morgan fingerprint density at radius 1 is 1.23 bits per heavy atom. The molecular weight excluding hydrogens is 350 g/mol. The Morgan fingerprint density at radius 2 is 2.00 bits per heavy atom. The van der Waals surface area contributed by atoms with Gasteiger partial charge in [0, 0.05) is 18.5 Å². The van der Waals surface area contributed by atoms with Crippen LogP contribution in [0.3, 0.4) is 0 Å². The van der Waals surface area contributed by atoms with Gasteiger partial charge in [-0.1, -0.05) is 23.9 Å². The van der Waals surface area contributed by atoms with E-state index in [1.807, 2.05) is 48.7 Å². The van der Waals surface area contributed by atoms with Crippen LogP contribution >= 0.6 is 11.8 Å². The molecule has 138 valence electrons. The molecule has 0 spiro atoms. The van der Waals surface area contributed by atoms with E-state index in [9.17, 15) is 4.79 Å². The van der Waals surface area contributed by atoms with Crippen molar-refractivity contribution in [3.63, 3.8) is 0 Å². The van der Waals surface area contributed by atoms with E-state index >= 15 is 0 Å². The van der Waals surface area contributed by atoms with Crippen LogP contribution in [0.2, 0.25) is 0 Å². The van der Waals surface area contributed by atoms with E-state index in [0.717, 1.165) is 22.6 Å². The number of fused-ring (bicyclic) bond motifs is 1. The number of ether oxygens (including phenoxy) is 2. The molecule has 1 N–H and O–H groups in total. The minimum absolute atomic E-state index is 0.166. The summed E-state index contributed by atoms with van der Waals surface area (Å²) >= 11 is 1.55. The van der Waals surface area contributed by atoms with Gasteiger partial charge in [-0.15, -0.1) is 0 Å². The first-order chi connectivity index (χ1) is 12.6. The van der Waals surface area contributed by atoms with Crippen molar-refractivity contribution in [2.45, 2.75) is 37.4 Å². The maximum atomic E-state index is 12.3. The summed E-state index contributed by atoms with van der Waals surface area (Å²) in [6, 6.07) is 9.81. The van der Waals surface area contributed by atoms with Crippen LogP contribution in [0.4, 0.5) is 0 Å². The number of hydrogen-bond acceptors (Lipinski definition) is 5. The third-order valence-corrected chi connectivity index (χ3v) is 5.00. The Balaban J connectivity index is 1.84. The lowest BCUT2D eigenvalue weighted by Crippen LogP contribution is -2.19. The van der Waals surface area contributed by atoms with Crippen molar-refractivity contribution in [2.75, 3.05) is 13.7 Å². The van der Waals surface area contributed by atoms with E-state index in [1.165, 1.54) is 0 Å². The highest BCUT2D eigenvalue weighted by Crippen LogP contribution is 2.24. The second-order valence-electron chi connectivity index (χ2n) is 6.15. The highest BCUT2D eigenvalue weighted by molar-refractivity contribution is 7.98. The molecule has 3 aromatic rings. The summed E-state index contributed by atoms with van der Waals surface area (Å²) in [5, 5.41) is 0.699.